The first kappa shape index (κ1) is 11.4. The summed E-state index contributed by atoms with van der Waals surface area (Å²) >= 11 is 3.37. The lowest BCUT2D eigenvalue weighted by Gasteiger charge is -2.14. The molecule has 0 radical (unpaired) electrons. The first-order chi connectivity index (χ1) is 7.74. The van der Waals surface area contributed by atoms with Gasteiger partial charge in [-0.2, -0.15) is 0 Å². The summed E-state index contributed by atoms with van der Waals surface area (Å²) in [5, 5.41) is 0. The van der Waals surface area contributed by atoms with Gasteiger partial charge in [0.15, 0.2) is 0 Å². The van der Waals surface area contributed by atoms with Gasteiger partial charge in [-0.05, 0) is 47.2 Å². The summed E-state index contributed by atoms with van der Waals surface area (Å²) in [6.45, 7) is 1.61. The Hall–Kier alpha value is -1.13. The van der Waals surface area contributed by atoms with Gasteiger partial charge < -0.3 is 4.42 Å². The molecule has 0 fully saturated rings. The quantitative estimate of drug-likeness (QED) is 0.862. The minimum Gasteiger partial charge on any atom is -0.468 e. The Balaban J connectivity index is 1.92. The summed E-state index contributed by atoms with van der Waals surface area (Å²) in [6.07, 6.45) is 3.51. The first-order valence-electron chi connectivity index (χ1n) is 5.05. The van der Waals surface area contributed by atoms with E-state index in [4.69, 9.17) is 4.42 Å². The van der Waals surface area contributed by atoms with E-state index in [9.17, 15) is 0 Å². The van der Waals surface area contributed by atoms with E-state index < -0.39 is 0 Å². The van der Waals surface area contributed by atoms with E-state index in [1.165, 1.54) is 0 Å². The van der Waals surface area contributed by atoms with Crippen molar-refractivity contribution >= 4 is 15.9 Å². The predicted molar refractivity (Wildman–Crippen MR) is 65.8 cm³/mol. The molecule has 0 unspecified atom stereocenters. The molecule has 0 aromatic carbocycles. The standard InChI is InChI=1S/C12H13BrN2O/c1-15(9-12-3-2-6-16-12)8-11-5-4-10(13)7-14-11/h2-7H,8-9H2,1H3. The molecule has 2 rings (SSSR count). The molecule has 2 aromatic heterocycles. The Morgan fingerprint density at radius 1 is 1.31 bits per heavy atom. The van der Waals surface area contributed by atoms with Gasteiger partial charge in [-0.25, -0.2) is 0 Å². The predicted octanol–water partition coefficient (Wildman–Crippen LogP) is 3.07. The van der Waals surface area contributed by atoms with Crippen molar-refractivity contribution in [2.45, 2.75) is 13.1 Å². The topological polar surface area (TPSA) is 29.3 Å². The molecular weight excluding hydrogens is 268 g/mol. The fourth-order valence-electron chi connectivity index (χ4n) is 1.50. The molecule has 0 saturated carbocycles. The van der Waals surface area contributed by atoms with Crippen LogP contribution < -0.4 is 0 Å². The van der Waals surface area contributed by atoms with E-state index in [-0.39, 0.29) is 0 Å². The van der Waals surface area contributed by atoms with Crippen molar-refractivity contribution in [3.63, 3.8) is 0 Å². The van der Waals surface area contributed by atoms with E-state index in [0.717, 1.165) is 29.0 Å². The monoisotopic (exact) mass is 280 g/mol. The summed E-state index contributed by atoms with van der Waals surface area (Å²) in [5.41, 5.74) is 1.05. The molecule has 16 heavy (non-hydrogen) atoms. The van der Waals surface area contributed by atoms with E-state index in [1.807, 2.05) is 37.5 Å². The molecule has 0 aliphatic carbocycles. The van der Waals surface area contributed by atoms with Crippen LogP contribution in [-0.4, -0.2) is 16.9 Å². The van der Waals surface area contributed by atoms with Crippen molar-refractivity contribution in [2.75, 3.05) is 7.05 Å². The number of hydrogen-bond acceptors (Lipinski definition) is 3. The Kier molecular flexibility index (Phi) is 3.74. The van der Waals surface area contributed by atoms with E-state index in [2.05, 4.69) is 25.8 Å². The Morgan fingerprint density at radius 2 is 2.19 bits per heavy atom. The zero-order valence-electron chi connectivity index (χ0n) is 9.06. The highest BCUT2D eigenvalue weighted by molar-refractivity contribution is 9.10. The van der Waals surface area contributed by atoms with Crippen LogP contribution in [-0.2, 0) is 13.1 Å². The Bertz CT molecular complexity index is 425. The van der Waals surface area contributed by atoms with Gasteiger partial charge in [0.25, 0.3) is 0 Å². The Morgan fingerprint density at radius 3 is 2.81 bits per heavy atom. The van der Waals surface area contributed by atoms with Crippen molar-refractivity contribution in [2.24, 2.45) is 0 Å². The molecule has 0 atom stereocenters. The molecule has 2 heterocycles. The smallest absolute Gasteiger partial charge is 0.117 e. The van der Waals surface area contributed by atoms with E-state index in [1.54, 1.807) is 6.26 Å². The van der Waals surface area contributed by atoms with Gasteiger partial charge in [-0.3, -0.25) is 9.88 Å². The van der Waals surface area contributed by atoms with Crippen molar-refractivity contribution < 1.29 is 4.42 Å². The van der Waals surface area contributed by atoms with Crippen LogP contribution >= 0.6 is 15.9 Å². The van der Waals surface area contributed by atoms with Gasteiger partial charge in [0.1, 0.15) is 5.76 Å². The van der Waals surface area contributed by atoms with Gasteiger partial charge in [0.2, 0.25) is 0 Å². The highest BCUT2D eigenvalue weighted by Gasteiger charge is 2.04. The van der Waals surface area contributed by atoms with Crippen molar-refractivity contribution in [3.8, 4) is 0 Å². The largest absolute Gasteiger partial charge is 0.468 e. The van der Waals surface area contributed by atoms with Crippen molar-refractivity contribution in [3.05, 3.63) is 52.7 Å². The summed E-state index contributed by atoms with van der Waals surface area (Å²) in [6, 6.07) is 7.90. The third-order valence-corrected chi connectivity index (χ3v) is 2.70. The zero-order valence-corrected chi connectivity index (χ0v) is 10.6. The highest BCUT2D eigenvalue weighted by Crippen LogP contribution is 2.10. The van der Waals surface area contributed by atoms with Crippen LogP contribution in [0.4, 0.5) is 0 Å². The van der Waals surface area contributed by atoms with Crippen LogP contribution in [0.25, 0.3) is 0 Å². The van der Waals surface area contributed by atoms with Crippen LogP contribution in [0.5, 0.6) is 0 Å². The summed E-state index contributed by atoms with van der Waals surface area (Å²) in [4.78, 5) is 6.49. The number of nitrogens with zero attached hydrogens (tertiary/aromatic N) is 2. The molecule has 84 valence electrons. The molecule has 0 amide bonds. The normalized spacial score (nSPS) is 10.9. The number of halogens is 1. The van der Waals surface area contributed by atoms with Gasteiger partial charge in [0.05, 0.1) is 18.5 Å². The third kappa shape index (κ3) is 3.18. The minimum atomic E-state index is 0.796. The molecule has 4 heteroatoms. The lowest BCUT2D eigenvalue weighted by Crippen LogP contribution is -2.17. The van der Waals surface area contributed by atoms with Gasteiger partial charge in [-0.15, -0.1) is 0 Å². The Labute approximate surface area is 103 Å². The molecule has 0 aliphatic rings. The zero-order chi connectivity index (χ0) is 11.4. The lowest BCUT2D eigenvalue weighted by molar-refractivity contribution is 0.285. The molecule has 0 saturated heterocycles. The molecule has 0 aliphatic heterocycles. The number of furan rings is 1. The molecule has 3 nitrogen and oxygen atoms in total. The second-order valence-corrected chi connectivity index (χ2v) is 4.64. The van der Waals surface area contributed by atoms with Crippen LogP contribution in [0.2, 0.25) is 0 Å². The lowest BCUT2D eigenvalue weighted by atomic mass is 10.3. The molecule has 2 aromatic rings. The second-order valence-electron chi connectivity index (χ2n) is 3.72. The second kappa shape index (κ2) is 5.27. The van der Waals surface area contributed by atoms with Gasteiger partial charge >= 0.3 is 0 Å². The van der Waals surface area contributed by atoms with Gasteiger partial charge in [-0.1, -0.05) is 0 Å². The maximum atomic E-state index is 5.29. The molecular formula is C12H13BrN2O. The maximum Gasteiger partial charge on any atom is 0.117 e. The van der Waals surface area contributed by atoms with Crippen LogP contribution in [0, 0.1) is 0 Å². The number of aromatic nitrogens is 1. The number of hydrogen-bond donors (Lipinski definition) is 0. The molecule has 0 spiro atoms. The SMILES string of the molecule is CN(Cc1ccc(Br)cn1)Cc1ccco1. The number of pyridine rings is 1. The molecule has 0 bridgehead atoms. The summed E-state index contributed by atoms with van der Waals surface area (Å²) in [7, 11) is 2.05. The number of rotatable bonds is 4. The van der Waals surface area contributed by atoms with Crippen LogP contribution in [0.3, 0.4) is 0 Å². The van der Waals surface area contributed by atoms with E-state index in [0.29, 0.717) is 0 Å². The minimum absolute atomic E-state index is 0.796. The first-order valence-corrected chi connectivity index (χ1v) is 5.85. The summed E-state index contributed by atoms with van der Waals surface area (Å²) in [5.74, 6) is 0.972. The summed E-state index contributed by atoms with van der Waals surface area (Å²) < 4.78 is 6.30. The average molecular weight is 281 g/mol. The van der Waals surface area contributed by atoms with E-state index >= 15 is 0 Å². The van der Waals surface area contributed by atoms with Crippen molar-refractivity contribution in [1.82, 2.24) is 9.88 Å². The fraction of sp³-hybridized carbons (Fsp3) is 0.250. The highest BCUT2D eigenvalue weighted by atomic mass is 79.9. The van der Waals surface area contributed by atoms with Crippen LogP contribution in [0.1, 0.15) is 11.5 Å². The maximum absolute atomic E-state index is 5.29. The average Bonchev–Trinajstić information content (AvgIpc) is 2.74. The fourth-order valence-corrected chi connectivity index (χ4v) is 1.74. The van der Waals surface area contributed by atoms with Gasteiger partial charge in [0, 0.05) is 17.2 Å². The third-order valence-electron chi connectivity index (χ3n) is 2.23. The molecule has 0 N–H and O–H groups in total. The van der Waals surface area contributed by atoms with Crippen LogP contribution in [0.15, 0.2) is 45.6 Å². The van der Waals surface area contributed by atoms with Crippen molar-refractivity contribution in [1.29, 1.82) is 0 Å².